The van der Waals surface area contributed by atoms with Crippen LogP contribution in [0.1, 0.15) is 18.1 Å². The van der Waals surface area contributed by atoms with Crippen molar-refractivity contribution in [2.24, 2.45) is 0 Å². The van der Waals surface area contributed by atoms with E-state index in [1.165, 1.54) is 11.1 Å². The average molecular weight is 177 g/mol. The molecule has 0 fully saturated rings. The number of hydrogen-bond acceptors (Lipinski definition) is 1. The highest BCUT2D eigenvalue weighted by molar-refractivity contribution is 5.26. The van der Waals surface area contributed by atoms with Gasteiger partial charge in [0.25, 0.3) is 0 Å². The first-order valence-electron chi connectivity index (χ1n) is 4.82. The number of likely N-dealkylation sites (N-methyl/N-ethyl adjacent to an activating group) is 1. The Labute approximate surface area is 81.4 Å². The van der Waals surface area contributed by atoms with Gasteiger partial charge in [0.15, 0.2) is 0 Å². The minimum Gasteiger partial charge on any atom is -0.306 e. The van der Waals surface area contributed by atoms with Gasteiger partial charge in [-0.1, -0.05) is 24.3 Å². The summed E-state index contributed by atoms with van der Waals surface area (Å²) in [5, 5.41) is 0. The van der Waals surface area contributed by atoms with Crippen LogP contribution in [0.15, 0.2) is 24.3 Å². The maximum absolute atomic E-state index is 2.26. The third-order valence-electron chi connectivity index (χ3n) is 2.66. The van der Waals surface area contributed by atoms with Gasteiger partial charge in [-0.2, -0.15) is 0 Å². The Morgan fingerprint density at radius 1 is 1.23 bits per heavy atom. The second-order valence-electron chi connectivity index (χ2n) is 3.94. The van der Waals surface area contributed by atoms with Crippen LogP contribution < -0.4 is 0 Å². The van der Waals surface area contributed by atoms with Gasteiger partial charge in [-0.3, -0.25) is 0 Å². The largest absolute Gasteiger partial charge is 0.306 e. The maximum atomic E-state index is 2.26. The molecule has 0 spiro atoms. The molecular formula is C12H19N. The van der Waals surface area contributed by atoms with Crippen LogP contribution in [0.3, 0.4) is 0 Å². The van der Waals surface area contributed by atoms with Gasteiger partial charge in [-0.25, -0.2) is 0 Å². The van der Waals surface area contributed by atoms with Crippen molar-refractivity contribution < 1.29 is 0 Å². The Bertz CT molecular complexity index is 266. The van der Waals surface area contributed by atoms with Crippen LogP contribution in [-0.4, -0.2) is 25.0 Å². The highest BCUT2D eigenvalue weighted by atomic mass is 15.1. The molecule has 72 valence electrons. The Morgan fingerprint density at radius 2 is 1.85 bits per heavy atom. The highest BCUT2D eigenvalue weighted by Gasteiger charge is 2.06. The molecule has 1 aromatic carbocycles. The first kappa shape index (κ1) is 10.3. The van der Waals surface area contributed by atoms with Crippen LogP contribution in [0.4, 0.5) is 0 Å². The fourth-order valence-electron chi connectivity index (χ4n) is 1.34. The van der Waals surface area contributed by atoms with Gasteiger partial charge >= 0.3 is 0 Å². The topological polar surface area (TPSA) is 3.24 Å². The van der Waals surface area contributed by atoms with E-state index in [0.29, 0.717) is 6.04 Å². The van der Waals surface area contributed by atoms with Crippen molar-refractivity contribution in [2.45, 2.75) is 26.3 Å². The van der Waals surface area contributed by atoms with Crippen LogP contribution in [0.2, 0.25) is 0 Å². The quantitative estimate of drug-likeness (QED) is 0.685. The molecule has 0 radical (unpaired) electrons. The number of nitrogens with zero attached hydrogens (tertiary/aromatic N) is 1. The van der Waals surface area contributed by atoms with Gasteiger partial charge in [-0.05, 0) is 45.5 Å². The lowest BCUT2D eigenvalue weighted by molar-refractivity contribution is 0.312. The van der Waals surface area contributed by atoms with E-state index in [4.69, 9.17) is 0 Å². The van der Waals surface area contributed by atoms with Crippen LogP contribution in [0, 0.1) is 6.92 Å². The summed E-state index contributed by atoms with van der Waals surface area (Å²) in [6.45, 7) is 4.43. The molecular weight excluding hydrogens is 158 g/mol. The number of benzene rings is 1. The van der Waals surface area contributed by atoms with E-state index in [2.05, 4.69) is 57.1 Å². The second kappa shape index (κ2) is 4.43. The Balaban J connectivity index is 2.69. The fraction of sp³-hybridized carbons (Fsp3) is 0.500. The van der Waals surface area contributed by atoms with E-state index in [-0.39, 0.29) is 0 Å². The minimum atomic E-state index is 0.612. The Kier molecular flexibility index (Phi) is 3.49. The van der Waals surface area contributed by atoms with Crippen molar-refractivity contribution in [3.63, 3.8) is 0 Å². The summed E-state index contributed by atoms with van der Waals surface area (Å²) >= 11 is 0. The standard InChI is InChI=1S/C12H19N/c1-10-7-5-6-8-12(10)9-11(2)13(3)4/h5-8,11H,9H2,1-4H3/t11-/m1/s1. The molecule has 0 aliphatic heterocycles. The summed E-state index contributed by atoms with van der Waals surface area (Å²) in [4.78, 5) is 2.26. The number of aryl methyl sites for hydroxylation is 1. The lowest BCUT2D eigenvalue weighted by Gasteiger charge is -2.20. The van der Waals surface area contributed by atoms with E-state index >= 15 is 0 Å². The van der Waals surface area contributed by atoms with E-state index in [1.807, 2.05) is 0 Å². The maximum Gasteiger partial charge on any atom is 0.0101 e. The van der Waals surface area contributed by atoms with E-state index in [9.17, 15) is 0 Å². The number of hydrogen-bond donors (Lipinski definition) is 0. The Morgan fingerprint density at radius 3 is 2.38 bits per heavy atom. The van der Waals surface area contributed by atoms with Crippen molar-refractivity contribution in [1.29, 1.82) is 0 Å². The van der Waals surface area contributed by atoms with Crippen molar-refractivity contribution in [1.82, 2.24) is 4.90 Å². The third-order valence-corrected chi connectivity index (χ3v) is 2.66. The van der Waals surface area contributed by atoms with Gasteiger partial charge < -0.3 is 4.90 Å². The van der Waals surface area contributed by atoms with Gasteiger partial charge in [0.1, 0.15) is 0 Å². The summed E-state index contributed by atoms with van der Waals surface area (Å²) in [5.74, 6) is 0. The second-order valence-corrected chi connectivity index (χ2v) is 3.94. The first-order valence-corrected chi connectivity index (χ1v) is 4.82. The normalized spacial score (nSPS) is 13.3. The van der Waals surface area contributed by atoms with E-state index in [1.54, 1.807) is 0 Å². The molecule has 0 N–H and O–H groups in total. The van der Waals surface area contributed by atoms with E-state index in [0.717, 1.165) is 6.42 Å². The molecule has 0 saturated carbocycles. The SMILES string of the molecule is Cc1ccccc1C[C@@H](C)N(C)C. The molecule has 1 rings (SSSR count). The van der Waals surface area contributed by atoms with Crippen molar-refractivity contribution >= 4 is 0 Å². The zero-order valence-electron chi connectivity index (χ0n) is 9.04. The van der Waals surface area contributed by atoms with Gasteiger partial charge in [0.05, 0.1) is 0 Å². The molecule has 0 heterocycles. The predicted octanol–water partition coefficient (Wildman–Crippen LogP) is 2.49. The molecule has 1 atom stereocenters. The molecule has 1 heteroatoms. The molecule has 0 aliphatic carbocycles. The van der Waals surface area contributed by atoms with Crippen LogP contribution in [0.5, 0.6) is 0 Å². The fourth-order valence-corrected chi connectivity index (χ4v) is 1.34. The lowest BCUT2D eigenvalue weighted by atomic mass is 10.0. The van der Waals surface area contributed by atoms with Gasteiger partial charge in [0.2, 0.25) is 0 Å². The third kappa shape index (κ3) is 2.85. The molecule has 0 bridgehead atoms. The summed E-state index contributed by atoms with van der Waals surface area (Å²) in [6, 6.07) is 9.22. The first-order chi connectivity index (χ1) is 6.11. The smallest absolute Gasteiger partial charge is 0.0101 e. The molecule has 1 aromatic rings. The van der Waals surface area contributed by atoms with E-state index < -0.39 is 0 Å². The molecule has 1 nitrogen and oxygen atoms in total. The van der Waals surface area contributed by atoms with Crippen LogP contribution in [-0.2, 0) is 6.42 Å². The molecule has 13 heavy (non-hydrogen) atoms. The molecule has 0 unspecified atom stereocenters. The lowest BCUT2D eigenvalue weighted by Crippen LogP contribution is -2.26. The number of rotatable bonds is 3. The molecule has 0 aromatic heterocycles. The predicted molar refractivity (Wildman–Crippen MR) is 58.0 cm³/mol. The summed E-state index contributed by atoms with van der Waals surface area (Å²) in [6.07, 6.45) is 1.14. The molecule has 0 aliphatic rings. The highest BCUT2D eigenvalue weighted by Crippen LogP contribution is 2.11. The van der Waals surface area contributed by atoms with Gasteiger partial charge in [0, 0.05) is 6.04 Å². The minimum absolute atomic E-state index is 0.612. The van der Waals surface area contributed by atoms with Gasteiger partial charge in [-0.15, -0.1) is 0 Å². The zero-order valence-corrected chi connectivity index (χ0v) is 9.04. The molecule has 0 amide bonds. The van der Waals surface area contributed by atoms with Crippen LogP contribution >= 0.6 is 0 Å². The van der Waals surface area contributed by atoms with Crippen molar-refractivity contribution in [2.75, 3.05) is 14.1 Å². The Hall–Kier alpha value is -0.820. The summed E-state index contributed by atoms with van der Waals surface area (Å²) < 4.78 is 0. The summed E-state index contributed by atoms with van der Waals surface area (Å²) in [5.41, 5.74) is 2.86. The average Bonchev–Trinajstić information content (AvgIpc) is 2.08. The van der Waals surface area contributed by atoms with Crippen molar-refractivity contribution in [3.05, 3.63) is 35.4 Å². The monoisotopic (exact) mass is 177 g/mol. The molecule has 0 saturated heterocycles. The summed E-state index contributed by atoms with van der Waals surface area (Å²) in [7, 11) is 4.26. The zero-order chi connectivity index (χ0) is 9.84. The van der Waals surface area contributed by atoms with Crippen molar-refractivity contribution in [3.8, 4) is 0 Å². The van der Waals surface area contributed by atoms with Crippen LogP contribution in [0.25, 0.3) is 0 Å².